The third kappa shape index (κ3) is 4.31. The maximum atomic E-state index is 11.0. The van der Waals surface area contributed by atoms with Crippen LogP contribution in [0.2, 0.25) is 5.02 Å². The quantitative estimate of drug-likeness (QED) is 0.688. The molecule has 106 valence electrons. The largest absolute Gasteiger partial charge is 0.328 e. The van der Waals surface area contributed by atoms with Gasteiger partial charge in [0, 0.05) is 29.2 Å². The molecule has 1 saturated heterocycles. The average molecular weight is 306 g/mol. The van der Waals surface area contributed by atoms with Gasteiger partial charge in [0.25, 0.3) is 5.69 Å². The van der Waals surface area contributed by atoms with Crippen LogP contribution in [0.5, 0.6) is 0 Å². The highest BCUT2D eigenvalue weighted by atomic mass is 35.5. The van der Waals surface area contributed by atoms with Crippen molar-refractivity contribution in [1.29, 1.82) is 0 Å². The van der Waals surface area contributed by atoms with E-state index < -0.39 is 0 Å². The zero-order valence-corrected chi connectivity index (χ0v) is 12.0. The summed E-state index contributed by atoms with van der Waals surface area (Å²) in [6, 6.07) is 5.10. The van der Waals surface area contributed by atoms with Crippen LogP contribution in [0.4, 0.5) is 5.69 Å². The Morgan fingerprint density at radius 1 is 1.42 bits per heavy atom. The van der Waals surface area contributed by atoms with E-state index in [-0.39, 0.29) is 29.1 Å². The number of nitrogens with zero attached hydrogens (tertiary/aromatic N) is 2. The van der Waals surface area contributed by atoms with Gasteiger partial charge in [-0.25, -0.2) is 0 Å². The van der Waals surface area contributed by atoms with E-state index in [4.69, 9.17) is 17.3 Å². The Balaban J connectivity index is 0.00000180. The van der Waals surface area contributed by atoms with Gasteiger partial charge in [0.05, 0.1) is 4.92 Å². The number of likely N-dealkylation sites (tertiary alicyclic amines) is 1. The highest BCUT2D eigenvalue weighted by Crippen LogP contribution is 2.25. The number of halogens is 2. The highest BCUT2D eigenvalue weighted by molar-refractivity contribution is 6.30. The molecule has 0 spiro atoms. The zero-order chi connectivity index (χ0) is 13.1. The van der Waals surface area contributed by atoms with Crippen LogP contribution in [-0.2, 0) is 6.54 Å². The third-order valence-electron chi connectivity index (χ3n) is 3.27. The highest BCUT2D eigenvalue weighted by Gasteiger charge is 2.20. The van der Waals surface area contributed by atoms with Gasteiger partial charge in [-0.2, -0.15) is 0 Å². The minimum Gasteiger partial charge on any atom is -0.328 e. The summed E-state index contributed by atoms with van der Waals surface area (Å²) in [4.78, 5) is 12.8. The summed E-state index contributed by atoms with van der Waals surface area (Å²) < 4.78 is 0. The summed E-state index contributed by atoms with van der Waals surface area (Å²) in [5, 5.41) is 11.4. The molecule has 1 aliphatic heterocycles. The molecule has 0 unspecified atom stereocenters. The van der Waals surface area contributed by atoms with Crippen molar-refractivity contribution in [3.63, 3.8) is 0 Å². The van der Waals surface area contributed by atoms with Crippen molar-refractivity contribution in [3.05, 3.63) is 38.9 Å². The van der Waals surface area contributed by atoms with Gasteiger partial charge < -0.3 is 5.73 Å². The summed E-state index contributed by atoms with van der Waals surface area (Å²) in [6.07, 6.45) is 1.89. The van der Waals surface area contributed by atoms with E-state index in [1.165, 1.54) is 6.07 Å². The molecule has 0 amide bonds. The van der Waals surface area contributed by atoms with Crippen LogP contribution in [0.1, 0.15) is 18.4 Å². The SMILES string of the molecule is Cl.NC1CCN(Cc2ccc(Cl)cc2[N+](=O)[O-])CC1. The molecule has 0 aliphatic carbocycles. The Morgan fingerprint density at radius 2 is 2.05 bits per heavy atom. The normalized spacial score (nSPS) is 16.9. The molecule has 0 radical (unpaired) electrons. The third-order valence-corrected chi connectivity index (χ3v) is 3.51. The van der Waals surface area contributed by atoms with Crippen molar-refractivity contribution >= 4 is 29.7 Å². The lowest BCUT2D eigenvalue weighted by Gasteiger charge is -2.29. The molecule has 0 bridgehead atoms. The van der Waals surface area contributed by atoms with Crippen LogP contribution in [0.15, 0.2) is 18.2 Å². The van der Waals surface area contributed by atoms with Crippen molar-refractivity contribution in [2.75, 3.05) is 13.1 Å². The molecule has 2 rings (SSSR count). The Bertz CT molecular complexity index is 449. The lowest BCUT2D eigenvalue weighted by Crippen LogP contribution is -2.39. The number of nitrogens with two attached hydrogens (primary N) is 1. The van der Waals surface area contributed by atoms with Crippen LogP contribution in [0.3, 0.4) is 0 Å². The summed E-state index contributed by atoms with van der Waals surface area (Å²) in [6.45, 7) is 2.36. The molecule has 7 heteroatoms. The molecule has 0 atom stereocenters. The van der Waals surface area contributed by atoms with Crippen molar-refractivity contribution in [2.45, 2.75) is 25.4 Å². The number of rotatable bonds is 3. The fourth-order valence-electron chi connectivity index (χ4n) is 2.19. The van der Waals surface area contributed by atoms with E-state index in [1.54, 1.807) is 12.1 Å². The molecular weight excluding hydrogens is 289 g/mol. The van der Waals surface area contributed by atoms with E-state index in [2.05, 4.69) is 4.90 Å². The van der Waals surface area contributed by atoms with E-state index >= 15 is 0 Å². The van der Waals surface area contributed by atoms with Crippen molar-refractivity contribution < 1.29 is 4.92 Å². The Labute approximate surface area is 123 Å². The van der Waals surface area contributed by atoms with Crippen LogP contribution >= 0.6 is 24.0 Å². The number of benzene rings is 1. The topological polar surface area (TPSA) is 72.4 Å². The molecule has 2 N–H and O–H groups in total. The fourth-order valence-corrected chi connectivity index (χ4v) is 2.36. The van der Waals surface area contributed by atoms with Crippen LogP contribution in [0.25, 0.3) is 0 Å². The molecule has 5 nitrogen and oxygen atoms in total. The van der Waals surface area contributed by atoms with Gasteiger partial charge in [0.15, 0.2) is 0 Å². The van der Waals surface area contributed by atoms with Crippen molar-refractivity contribution in [2.24, 2.45) is 5.73 Å². The molecule has 0 saturated carbocycles. The first-order valence-corrected chi connectivity index (χ1v) is 6.35. The second kappa shape index (κ2) is 7.05. The second-order valence-electron chi connectivity index (χ2n) is 4.64. The monoisotopic (exact) mass is 305 g/mol. The van der Waals surface area contributed by atoms with Gasteiger partial charge in [0.2, 0.25) is 0 Å². The molecule has 0 aromatic heterocycles. The molecule has 1 aromatic rings. The van der Waals surface area contributed by atoms with E-state index in [9.17, 15) is 10.1 Å². The first-order valence-electron chi connectivity index (χ1n) is 5.97. The lowest BCUT2D eigenvalue weighted by molar-refractivity contribution is -0.385. The molecule has 19 heavy (non-hydrogen) atoms. The van der Waals surface area contributed by atoms with Gasteiger partial charge in [0.1, 0.15) is 0 Å². The van der Waals surface area contributed by atoms with Crippen molar-refractivity contribution in [1.82, 2.24) is 4.90 Å². The Kier molecular flexibility index (Phi) is 6.00. The number of hydrogen-bond donors (Lipinski definition) is 1. The predicted molar refractivity (Wildman–Crippen MR) is 77.8 cm³/mol. The Hall–Kier alpha value is -0.880. The smallest absolute Gasteiger partial charge is 0.275 e. The van der Waals surface area contributed by atoms with Gasteiger partial charge >= 0.3 is 0 Å². The Morgan fingerprint density at radius 3 is 2.63 bits per heavy atom. The minimum atomic E-state index is -0.378. The van der Waals surface area contributed by atoms with E-state index in [1.807, 2.05) is 0 Å². The molecule has 1 aliphatic rings. The maximum Gasteiger partial charge on any atom is 0.275 e. The van der Waals surface area contributed by atoms with E-state index in [0.29, 0.717) is 17.1 Å². The van der Waals surface area contributed by atoms with Gasteiger partial charge in [-0.1, -0.05) is 11.6 Å². The summed E-state index contributed by atoms with van der Waals surface area (Å²) >= 11 is 5.79. The second-order valence-corrected chi connectivity index (χ2v) is 5.08. The standard InChI is InChI=1S/C12H16ClN3O2.ClH/c13-10-2-1-9(12(7-10)16(17)18)8-15-5-3-11(14)4-6-15;/h1-2,7,11H,3-6,8,14H2;1H. The van der Waals surface area contributed by atoms with Gasteiger partial charge in [-0.05, 0) is 38.1 Å². The first kappa shape index (κ1) is 16.2. The van der Waals surface area contributed by atoms with Gasteiger partial charge in [-0.3, -0.25) is 15.0 Å². The van der Waals surface area contributed by atoms with E-state index in [0.717, 1.165) is 25.9 Å². The number of piperidine rings is 1. The molecular formula is C12H17Cl2N3O2. The zero-order valence-electron chi connectivity index (χ0n) is 10.4. The van der Waals surface area contributed by atoms with Crippen LogP contribution in [0, 0.1) is 10.1 Å². The average Bonchev–Trinajstić information content (AvgIpc) is 2.34. The summed E-state index contributed by atoms with van der Waals surface area (Å²) in [5.74, 6) is 0. The molecule has 1 fully saturated rings. The molecule has 1 heterocycles. The molecule has 1 aromatic carbocycles. The predicted octanol–water partition coefficient (Wildman–Crippen LogP) is 2.59. The number of nitro groups is 1. The minimum absolute atomic E-state index is 0. The number of nitro benzene ring substituents is 1. The fraction of sp³-hybridized carbons (Fsp3) is 0.500. The lowest BCUT2D eigenvalue weighted by atomic mass is 10.0. The summed E-state index contributed by atoms with van der Waals surface area (Å²) in [7, 11) is 0. The first-order chi connectivity index (χ1) is 8.56. The summed E-state index contributed by atoms with van der Waals surface area (Å²) in [5.41, 5.74) is 6.64. The van der Waals surface area contributed by atoms with Crippen LogP contribution in [-0.4, -0.2) is 29.0 Å². The van der Waals surface area contributed by atoms with Crippen LogP contribution < -0.4 is 5.73 Å². The van der Waals surface area contributed by atoms with Gasteiger partial charge in [-0.15, -0.1) is 12.4 Å². The van der Waals surface area contributed by atoms with Crippen molar-refractivity contribution in [3.8, 4) is 0 Å². The maximum absolute atomic E-state index is 11.0. The number of hydrogen-bond acceptors (Lipinski definition) is 4.